The second-order valence-electron chi connectivity index (χ2n) is 4.98. The topological polar surface area (TPSA) is 59.3 Å². The predicted molar refractivity (Wildman–Crippen MR) is 69.2 cm³/mol. The lowest BCUT2D eigenvalue weighted by molar-refractivity contribution is 0.0109. The van der Waals surface area contributed by atoms with Crippen molar-refractivity contribution in [2.45, 2.75) is 44.8 Å². The Morgan fingerprint density at radius 3 is 2.94 bits per heavy atom. The summed E-state index contributed by atoms with van der Waals surface area (Å²) in [6.07, 6.45) is 6.60. The minimum Gasteiger partial charge on any atom is -0.394 e. The lowest BCUT2D eigenvalue weighted by atomic mass is 9.91. The van der Waals surface area contributed by atoms with Crippen LogP contribution in [0.4, 0.5) is 0 Å². The fourth-order valence-corrected chi connectivity index (χ4v) is 2.37. The summed E-state index contributed by atoms with van der Waals surface area (Å²) in [5.41, 5.74) is 0.996. The molecule has 5 heteroatoms. The summed E-state index contributed by atoms with van der Waals surface area (Å²) < 4.78 is 7.52. The molecule has 2 N–H and O–H groups in total. The third-order valence-electron chi connectivity index (χ3n) is 3.66. The van der Waals surface area contributed by atoms with Crippen molar-refractivity contribution >= 4 is 0 Å². The second kappa shape index (κ2) is 6.31. The molecule has 0 bridgehead atoms. The molecule has 1 saturated heterocycles. The normalized spacial score (nSPS) is 19.0. The third kappa shape index (κ3) is 3.10. The van der Waals surface area contributed by atoms with E-state index in [0.29, 0.717) is 0 Å². The first-order chi connectivity index (χ1) is 8.79. The lowest BCUT2D eigenvalue weighted by Gasteiger charge is -2.36. The van der Waals surface area contributed by atoms with E-state index in [9.17, 15) is 5.11 Å². The standard InChI is InChI=1S/C13H23N3O2/c1-2-5-16-11-14-8-12(16)9-15-13(10-17)3-6-18-7-4-13/h8,11,15,17H,2-7,9-10H2,1H3. The molecule has 0 spiro atoms. The Morgan fingerprint density at radius 2 is 2.28 bits per heavy atom. The van der Waals surface area contributed by atoms with Crippen molar-refractivity contribution in [1.82, 2.24) is 14.9 Å². The van der Waals surface area contributed by atoms with Gasteiger partial charge in [-0.15, -0.1) is 0 Å². The Morgan fingerprint density at radius 1 is 1.50 bits per heavy atom. The van der Waals surface area contributed by atoms with Gasteiger partial charge in [0.25, 0.3) is 0 Å². The van der Waals surface area contributed by atoms with Gasteiger partial charge in [0, 0.05) is 38.0 Å². The number of aliphatic hydroxyl groups is 1. The fraction of sp³-hybridized carbons (Fsp3) is 0.769. The van der Waals surface area contributed by atoms with Crippen LogP contribution in [-0.4, -0.2) is 40.0 Å². The van der Waals surface area contributed by atoms with E-state index in [1.54, 1.807) is 0 Å². The molecule has 0 aromatic carbocycles. The fourth-order valence-electron chi connectivity index (χ4n) is 2.37. The van der Waals surface area contributed by atoms with E-state index in [0.717, 1.165) is 45.6 Å². The van der Waals surface area contributed by atoms with E-state index < -0.39 is 0 Å². The van der Waals surface area contributed by atoms with E-state index in [2.05, 4.69) is 21.8 Å². The van der Waals surface area contributed by atoms with E-state index in [4.69, 9.17) is 4.74 Å². The number of aliphatic hydroxyl groups excluding tert-OH is 1. The van der Waals surface area contributed by atoms with Gasteiger partial charge in [-0.05, 0) is 19.3 Å². The molecule has 18 heavy (non-hydrogen) atoms. The van der Waals surface area contributed by atoms with Crippen LogP contribution in [0.5, 0.6) is 0 Å². The Kier molecular flexibility index (Phi) is 4.74. The first-order valence-corrected chi connectivity index (χ1v) is 6.72. The predicted octanol–water partition coefficient (Wildman–Crippen LogP) is 0.924. The molecular formula is C13H23N3O2. The molecule has 2 heterocycles. The Balaban J connectivity index is 1.94. The number of nitrogens with zero attached hydrogens (tertiary/aromatic N) is 2. The number of aryl methyl sites for hydroxylation is 1. The van der Waals surface area contributed by atoms with Crippen molar-refractivity contribution in [2.75, 3.05) is 19.8 Å². The van der Waals surface area contributed by atoms with Crippen LogP contribution in [0.15, 0.2) is 12.5 Å². The first kappa shape index (κ1) is 13.5. The molecule has 1 aliphatic rings. The van der Waals surface area contributed by atoms with Crippen molar-refractivity contribution < 1.29 is 9.84 Å². The summed E-state index contributed by atoms with van der Waals surface area (Å²) in [7, 11) is 0. The van der Waals surface area contributed by atoms with Crippen molar-refractivity contribution in [3.05, 3.63) is 18.2 Å². The van der Waals surface area contributed by atoms with Gasteiger partial charge in [0.05, 0.1) is 18.6 Å². The van der Waals surface area contributed by atoms with Crippen molar-refractivity contribution in [1.29, 1.82) is 0 Å². The second-order valence-corrected chi connectivity index (χ2v) is 4.98. The monoisotopic (exact) mass is 253 g/mol. The molecule has 1 fully saturated rings. The smallest absolute Gasteiger partial charge is 0.0948 e. The van der Waals surface area contributed by atoms with E-state index >= 15 is 0 Å². The molecule has 1 aromatic heterocycles. The Labute approximate surface area is 108 Å². The number of rotatable bonds is 6. The van der Waals surface area contributed by atoms with E-state index in [-0.39, 0.29) is 12.1 Å². The van der Waals surface area contributed by atoms with Crippen molar-refractivity contribution in [3.63, 3.8) is 0 Å². The van der Waals surface area contributed by atoms with Crippen LogP contribution in [0, 0.1) is 0 Å². The largest absolute Gasteiger partial charge is 0.394 e. The molecule has 0 saturated carbocycles. The highest BCUT2D eigenvalue weighted by atomic mass is 16.5. The average molecular weight is 253 g/mol. The molecule has 5 nitrogen and oxygen atoms in total. The van der Waals surface area contributed by atoms with Crippen LogP contribution in [-0.2, 0) is 17.8 Å². The maximum atomic E-state index is 9.60. The van der Waals surface area contributed by atoms with Gasteiger partial charge in [0.15, 0.2) is 0 Å². The van der Waals surface area contributed by atoms with Gasteiger partial charge in [-0.1, -0.05) is 6.92 Å². The summed E-state index contributed by atoms with van der Waals surface area (Å²) in [5.74, 6) is 0. The van der Waals surface area contributed by atoms with E-state index in [1.165, 1.54) is 5.69 Å². The number of hydrogen-bond acceptors (Lipinski definition) is 4. The summed E-state index contributed by atoms with van der Waals surface area (Å²) in [6, 6.07) is 0. The highest BCUT2D eigenvalue weighted by molar-refractivity contribution is 5.00. The molecule has 0 amide bonds. The number of ether oxygens (including phenoxy) is 1. The van der Waals surface area contributed by atoms with Gasteiger partial charge in [-0.3, -0.25) is 0 Å². The highest BCUT2D eigenvalue weighted by Gasteiger charge is 2.31. The van der Waals surface area contributed by atoms with Gasteiger partial charge in [-0.25, -0.2) is 4.98 Å². The molecule has 2 rings (SSSR count). The highest BCUT2D eigenvalue weighted by Crippen LogP contribution is 2.20. The van der Waals surface area contributed by atoms with Crippen LogP contribution in [0.1, 0.15) is 31.9 Å². The molecule has 1 aliphatic heterocycles. The number of hydrogen-bond donors (Lipinski definition) is 2. The summed E-state index contributed by atoms with van der Waals surface area (Å²) in [4.78, 5) is 4.19. The minimum absolute atomic E-state index is 0.165. The summed E-state index contributed by atoms with van der Waals surface area (Å²) in [6.45, 7) is 5.51. The summed E-state index contributed by atoms with van der Waals surface area (Å²) >= 11 is 0. The molecule has 0 unspecified atom stereocenters. The van der Waals surface area contributed by atoms with Crippen LogP contribution >= 0.6 is 0 Å². The first-order valence-electron chi connectivity index (χ1n) is 6.72. The minimum atomic E-state index is -0.181. The van der Waals surface area contributed by atoms with Crippen LogP contribution in [0.3, 0.4) is 0 Å². The number of imidazole rings is 1. The zero-order chi connectivity index (χ0) is 12.8. The zero-order valence-corrected chi connectivity index (χ0v) is 11.1. The van der Waals surface area contributed by atoms with Gasteiger partial charge in [0.1, 0.15) is 0 Å². The van der Waals surface area contributed by atoms with Gasteiger partial charge >= 0.3 is 0 Å². The average Bonchev–Trinajstić information content (AvgIpc) is 2.86. The van der Waals surface area contributed by atoms with Gasteiger partial charge in [0.2, 0.25) is 0 Å². The van der Waals surface area contributed by atoms with Crippen LogP contribution < -0.4 is 5.32 Å². The molecule has 1 aromatic rings. The quantitative estimate of drug-likeness (QED) is 0.791. The van der Waals surface area contributed by atoms with Crippen LogP contribution in [0.2, 0.25) is 0 Å². The molecule has 0 aliphatic carbocycles. The van der Waals surface area contributed by atoms with Crippen molar-refractivity contribution in [3.8, 4) is 0 Å². The van der Waals surface area contributed by atoms with Crippen molar-refractivity contribution in [2.24, 2.45) is 0 Å². The molecule has 0 radical (unpaired) electrons. The SMILES string of the molecule is CCCn1cncc1CNC1(CO)CCOCC1. The van der Waals surface area contributed by atoms with Gasteiger partial charge in [-0.2, -0.15) is 0 Å². The Bertz CT molecular complexity index is 359. The molecule has 0 atom stereocenters. The molecular weight excluding hydrogens is 230 g/mol. The Hall–Kier alpha value is -0.910. The summed E-state index contributed by atoms with van der Waals surface area (Å²) in [5, 5.41) is 13.1. The maximum absolute atomic E-state index is 9.60. The third-order valence-corrected chi connectivity index (χ3v) is 3.66. The number of nitrogens with one attached hydrogen (secondary N) is 1. The van der Waals surface area contributed by atoms with Crippen LogP contribution in [0.25, 0.3) is 0 Å². The van der Waals surface area contributed by atoms with E-state index in [1.807, 2.05) is 12.5 Å². The maximum Gasteiger partial charge on any atom is 0.0948 e. The lowest BCUT2D eigenvalue weighted by Crippen LogP contribution is -2.52. The van der Waals surface area contributed by atoms with Gasteiger partial charge < -0.3 is 19.7 Å². The molecule has 102 valence electrons. The zero-order valence-electron chi connectivity index (χ0n) is 11.1. The number of aromatic nitrogens is 2.